The molecule has 0 unspecified atom stereocenters. The Balaban J connectivity index is 1.67. The molecule has 6 nitrogen and oxygen atoms in total. The summed E-state index contributed by atoms with van der Waals surface area (Å²) < 4.78 is 2.06. The van der Waals surface area contributed by atoms with Gasteiger partial charge in [-0.15, -0.1) is 0 Å². The average molecular weight is 308 g/mol. The summed E-state index contributed by atoms with van der Waals surface area (Å²) in [5.41, 5.74) is 3.18. The van der Waals surface area contributed by atoms with Crippen molar-refractivity contribution in [3.8, 4) is 0 Å². The Morgan fingerprint density at radius 3 is 2.87 bits per heavy atom. The number of anilines is 1. The number of hydrogen-bond donors (Lipinski definition) is 0. The third-order valence-electron chi connectivity index (χ3n) is 4.62. The monoisotopic (exact) mass is 308 g/mol. The molecule has 0 saturated carbocycles. The van der Waals surface area contributed by atoms with E-state index in [1.165, 1.54) is 12.0 Å². The lowest BCUT2D eigenvalue weighted by Gasteiger charge is -2.33. The summed E-state index contributed by atoms with van der Waals surface area (Å²) in [5, 5.41) is 0. The number of aryl methyl sites for hydroxylation is 1. The number of rotatable bonds is 3. The van der Waals surface area contributed by atoms with E-state index in [4.69, 9.17) is 0 Å². The molecule has 1 aliphatic rings. The van der Waals surface area contributed by atoms with E-state index in [-0.39, 0.29) is 0 Å². The molecule has 0 aromatic carbocycles. The predicted octanol–water partition coefficient (Wildman–Crippen LogP) is 2.63. The summed E-state index contributed by atoms with van der Waals surface area (Å²) in [4.78, 5) is 20.0. The van der Waals surface area contributed by atoms with E-state index >= 15 is 0 Å². The molecule has 1 atom stereocenters. The Morgan fingerprint density at radius 2 is 2.04 bits per heavy atom. The second kappa shape index (κ2) is 5.95. The standard InChI is InChI=1S/C17H20N6/c1-2-22-12-21-15-16(22)19-11-20-17(15)23-9-3-4-14(10-23)13-5-7-18-8-6-13/h5-8,11-12,14H,2-4,9-10H2,1H3/t14-/m1/s1. The van der Waals surface area contributed by atoms with Crippen molar-refractivity contribution in [2.75, 3.05) is 18.0 Å². The molecule has 1 aliphatic heterocycles. The maximum atomic E-state index is 4.55. The summed E-state index contributed by atoms with van der Waals surface area (Å²) >= 11 is 0. The van der Waals surface area contributed by atoms with Crippen molar-refractivity contribution >= 4 is 17.0 Å². The van der Waals surface area contributed by atoms with Crippen LogP contribution in [-0.2, 0) is 6.54 Å². The normalized spacial score (nSPS) is 18.5. The molecule has 3 aromatic heterocycles. The number of nitrogens with zero attached hydrogens (tertiary/aromatic N) is 6. The zero-order valence-corrected chi connectivity index (χ0v) is 13.3. The Hall–Kier alpha value is -2.50. The molecule has 3 aromatic rings. The number of hydrogen-bond acceptors (Lipinski definition) is 5. The van der Waals surface area contributed by atoms with Crippen molar-refractivity contribution in [2.45, 2.75) is 32.2 Å². The van der Waals surface area contributed by atoms with E-state index in [1.807, 2.05) is 18.7 Å². The van der Waals surface area contributed by atoms with E-state index in [2.05, 4.69) is 48.5 Å². The van der Waals surface area contributed by atoms with Crippen LogP contribution in [0.5, 0.6) is 0 Å². The first-order chi connectivity index (χ1) is 11.4. The molecule has 1 saturated heterocycles. The van der Waals surface area contributed by atoms with Crippen LogP contribution in [0.1, 0.15) is 31.2 Å². The first kappa shape index (κ1) is 14.1. The van der Waals surface area contributed by atoms with Crippen molar-refractivity contribution < 1.29 is 0 Å². The Kier molecular flexibility index (Phi) is 3.65. The number of fused-ring (bicyclic) bond motifs is 1. The predicted molar refractivity (Wildman–Crippen MR) is 89.4 cm³/mol. The van der Waals surface area contributed by atoms with Crippen LogP contribution in [0.3, 0.4) is 0 Å². The maximum Gasteiger partial charge on any atom is 0.165 e. The molecule has 1 fully saturated rings. The lowest BCUT2D eigenvalue weighted by atomic mass is 9.91. The summed E-state index contributed by atoms with van der Waals surface area (Å²) in [7, 11) is 0. The third kappa shape index (κ3) is 2.54. The molecule has 0 amide bonds. The largest absolute Gasteiger partial charge is 0.354 e. The van der Waals surface area contributed by atoms with Gasteiger partial charge >= 0.3 is 0 Å². The fourth-order valence-electron chi connectivity index (χ4n) is 3.41. The van der Waals surface area contributed by atoms with Crippen LogP contribution in [0, 0.1) is 0 Å². The molecule has 6 heteroatoms. The fourth-order valence-corrected chi connectivity index (χ4v) is 3.41. The van der Waals surface area contributed by atoms with Gasteiger partial charge in [0, 0.05) is 37.9 Å². The summed E-state index contributed by atoms with van der Waals surface area (Å²) in [5.74, 6) is 1.48. The quantitative estimate of drug-likeness (QED) is 0.744. The average Bonchev–Trinajstić information content (AvgIpc) is 3.06. The highest BCUT2D eigenvalue weighted by Crippen LogP contribution is 2.31. The SMILES string of the molecule is CCn1cnc2c(N3CCC[C@@H](c4ccncc4)C3)ncnc21. The minimum absolute atomic E-state index is 0.519. The molecule has 0 radical (unpaired) electrons. The van der Waals surface area contributed by atoms with E-state index in [1.54, 1.807) is 6.33 Å². The van der Waals surface area contributed by atoms with Gasteiger partial charge in [0.15, 0.2) is 17.0 Å². The van der Waals surface area contributed by atoms with Gasteiger partial charge in [-0.1, -0.05) is 0 Å². The molecule has 23 heavy (non-hydrogen) atoms. The van der Waals surface area contributed by atoms with Crippen LogP contribution in [0.25, 0.3) is 11.2 Å². The zero-order valence-electron chi connectivity index (χ0n) is 13.3. The van der Waals surface area contributed by atoms with Gasteiger partial charge < -0.3 is 9.47 Å². The van der Waals surface area contributed by atoms with E-state index in [9.17, 15) is 0 Å². The van der Waals surface area contributed by atoms with Crippen LogP contribution in [-0.4, -0.2) is 37.6 Å². The Labute approximate surface area is 135 Å². The topological polar surface area (TPSA) is 59.7 Å². The highest BCUT2D eigenvalue weighted by molar-refractivity contribution is 5.83. The minimum Gasteiger partial charge on any atom is -0.354 e. The van der Waals surface area contributed by atoms with Crippen molar-refractivity contribution in [2.24, 2.45) is 0 Å². The first-order valence-corrected chi connectivity index (χ1v) is 8.17. The van der Waals surface area contributed by atoms with Gasteiger partial charge in [-0.25, -0.2) is 15.0 Å². The molecule has 0 aliphatic carbocycles. The zero-order chi connectivity index (χ0) is 15.6. The summed E-state index contributed by atoms with van der Waals surface area (Å²) in [6, 6.07) is 4.24. The van der Waals surface area contributed by atoms with Crippen LogP contribution >= 0.6 is 0 Å². The second-order valence-electron chi connectivity index (χ2n) is 5.97. The Bertz CT molecular complexity index is 797. The number of imidazole rings is 1. The maximum absolute atomic E-state index is 4.55. The Morgan fingerprint density at radius 1 is 1.17 bits per heavy atom. The molecule has 118 valence electrons. The van der Waals surface area contributed by atoms with Gasteiger partial charge in [-0.05, 0) is 37.5 Å². The van der Waals surface area contributed by atoms with Gasteiger partial charge in [-0.2, -0.15) is 0 Å². The highest BCUT2D eigenvalue weighted by Gasteiger charge is 2.24. The summed E-state index contributed by atoms with van der Waals surface area (Å²) in [6.45, 7) is 4.96. The first-order valence-electron chi connectivity index (χ1n) is 8.17. The van der Waals surface area contributed by atoms with Crippen LogP contribution in [0.15, 0.2) is 37.2 Å². The van der Waals surface area contributed by atoms with Gasteiger partial charge in [0.25, 0.3) is 0 Å². The van der Waals surface area contributed by atoms with Crippen molar-refractivity contribution in [3.63, 3.8) is 0 Å². The van der Waals surface area contributed by atoms with E-state index in [0.29, 0.717) is 5.92 Å². The van der Waals surface area contributed by atoms with E-state index < -0.39 is 0 Å². The smallest absolute Gasteiger partial charge is 0.165 e. The second-order valence-corrected chi connectivity index (χ2v) is 5.97. The summed E-state index contributed by atoms with van der Waals surface area (Å²) in [6.07, 6.45) is 9.62. The van der Waals surface area contributed by atoms with Crippen molar-refractivity contribution in [1.29, 1.82) is 0 Å². The van der Waals surface area contributed by atoms with Crippen molar-refractivity contribution in [1.82, 2.24) is 24.5 Å². The number of aromatic nitrogens is 5. The molecule has 4 heterocycles. The molecule has 4 rings (SSSR count). The third-order valence-corrected chi connectivity index (χ3v) is 4.62. The van der Waals surface area contributed by atoms with E-state index in [0.717, 1.165) is 43.0 Å². The fraction of sp³-hybridized carbons (Fsp3) is 0.412. The molecular weight excluding hydrogens is 288 g/mol. The molecular formula is C17H20N6. The van der Waals surface area contributed by atoms with Gasteiger partial charge in [0.2, 0.25) is 0 Å². The van der Waals surface area contributed by atoms with Crippen LogP contribution in [0.4, 0.5) is 5.82 Å². The molecule has 0 bridgehead atoms. The van der Waals surface area contributed by atoms with Crippen LogP contribution in [0.2, 0.25) is 0 Å². The molecule has 0 spiro atoms. The lowest BCUT2D eigenvalue weighted by Crippen LogP contribution is -2.35. The van der Waals surface area contributed by atoms with Gasteiger partial charge in [-0.3, -0.25) is 4.98 Å². The minimum atomic E-state index is 0.519. The van der Waals surface area contributed by atoms with Gasteiger partial charge in [0.05, 0.1) is 6.33 Å². The number of piperidine rings is 1. The highest BCUT2D eigenvalue weighted by atomic mass is 15.2. The van der Waals surface area contributed by atoms with Gasteiger partial charge in [0.1, 0.15) is 6.33 Å². The van der Waals surface area contributed by atoms with Crippen molar-refractivity contribution in [3.05, 3.63) is 42.7 Å². The molecule has 0 N–H and O–H groups in total. The number of pyridine rings is 1. The van der Waals surface area contributed by atoms with Crippen LogP contribution < -0.4 is 4.90 Å². The lowest BCUT2D eigenvalue weighted by molar-refractivity contribution is 0.507.